The summed E-state index contributed by atoms with van der Waals surface area (Å²) in [6, 6.07) is 4.13. The van der Waals surface area contributed by atoms with Gasteiger partial charge in [0.15, 0.2) is 0 Å². The lowest BCUT2D eigenvalue weighted by Gasteiger charge is -2.62. The van der Waals surface area contributed by atoms with E-state index >= 15 is 0 Å². The van der Waals surface area contributed by atoms with Crippen LogP contribution in [0.5, 0.6) is 0 Å². The number of piperidine rings is 1. The molecular formula is C27H39N3O2. The summed E-state index contributed by atoms with van der Waals surface area (Å²) in [6.45, 7) is 5.03. The van der Waals surface area contributed by atoms with Crippen molar-refractivity contribution in [3.05, 3.63) is 24.5 Å². The number of likely N-dealkylation sites (tertiary alicyclic amines) is 1. The largest absolute Gasteiger partial charge is 0.342 e. The third kappa shape index (κ3) is 3.47. The minimum absolute atomic E-state index is 0.125. The molecule has 1 aromatic heterocycles. The predicted octanol–water partition coefficient (Wildman–Crippen LogP) is 5.28. The number of hydrogen-bond donors (Lipinski definition) is 1. The molecule has 3 aliphatic carbocycles. The minimum atomic E-state index is 0.125. The van der Waals surface area contributed by atoms with Crippen molar-refractivity contribution in [3.63, 3.8) is 0 Å². The molecule has 5 rings (SSSR count). The third-order valence-electron chi connectivity index (χ3n) is 10.4. The van der Waals surface area contributed by atoms with Gasteiger partial charge in [-0.2, -0.15) is 0 Å². The van der Waals surface area contributed by atoms with Gasteiger partial charge >= 0.3 is 0 Å². The molecule has 1 saturated heterocycles. The van der Waals surface area contributed by atoms with Gasteiger partial charge in [0.2, 0.25) is 11.8 Å². The number of hydrogen-bond acceptors (Lipinski definition) is 3. The molecule has 1 N–H and O–H groups in total. The van der Waals surface area contributed by atoms with Crippen LogP contribution in [0.4, 0.5) is 5.69 Å². The summed E-state index contributed by atoms with van der Waals surface area (Å²) in [5, 5.41) is 3.03. The van der Waals surface area contributed by atoms with Crippen molar-refractivity contribution in [2.75, 3.05) is 12.4 Å². The molecule has 7 atom stereocenters. The first kappa shape index (κ1) is 21.9. The van der Waals surface area contributed by atoms with Crippen LogP contribution in [-0.4, -0.2) is 34.8 Å². The Bertz CT molecular complexity index is 873. The fourth-order valence-corrected chi connectivity index (χ4v) is 8.70. The standard InChI is InChI=1S/C27H39N3O2/c1-26-14-10-22-20(6-8-23-27(22,2)15-11-25(32)30(23)3)21(26)7-4-18(26)5-9-24(31)29-19-12-16-28-17-13-19/h12-13,16-18,20-23H,4-11,14-15H2,1-3H3,(H,28,29,31)/t18-,20+,21+,22+,23?,26-,27-/m1/s1. The number of carbonyl (C=O) groups is 2. The van der Waals surface area contributed by atoms with Crippen LogP contribution in [0.2, 0.25) is 0 Å². The Morgan fingerprint density at radius 1 is 1.06 bits per heavy atom. The number of rotatable bonds is 4. The molecular weight excluding hydrogens is 398 g/mol. The topological polar surface area (TPSA) is 62.3 Å². The fourth-order valence-electron chi connectivity index (χ4n) is 8.70. The van der Waals surface area contributed by atoms with Crippen LogP contribution in [0.3, 0.4) is 0 Å². The molecule has 4 aliphatic rings. The van der Waals surface area contributed by atoms with E-state index in [2.05, 4.69) is 29.0 Å². The summed E-state index contributed by atoms with van der Waals surface area (Å²) < 4.78 is 0. The summed E-state index contributed by atoms with van der Waals surface area (Å²) in [5.74, 6) is 3.46. The molecule has 3 saturated carbocycles. The van der Waals surface area contributed by atoms with Crippen molar-refractivity contribution in [1.82, 2.24) is 9.88 Å². The van der Waals surface area contributed by atoms with Crippen LogP contribution < -0.4 is 5.32 Å². The molecule has 4 fully saturated rings. The minimum Gasteiger partial charge on any atom is -0.342 e. The van der Waals surface area contributed by atoms with Gasteiger partial charge in [0, 0.05) is 44.0 Å². The van der Waals surface area contributed by atoms with Crippen LogP contribution in [-0.2, 0) is 9.59 Å². The molecule has 2 amide bonds. The van der Waals surface area contributed by atoms with Crippen LogP contribution in [0.1, 0.15) is 78.1 Å². The van der Waals surface area contributed by atoms with Gasteiger partial charge in [0.1, 0.15) is 0 Å². The van der Waals surface area contributed by atoms with Gasteiger partial charge in [-0.05, 0) is 98.0 Å². The summed E-state index contributed by atoms with van der Waals surface area (Å²) in [4.78, 5) is 31.0. The maximum atomic E-state index is 12.6. The molecule has 5 nitrogen and oxygen atoms in total. The van der Waals surface area contributed by atoms with E-state index in [1.807, 2.05) is 19.2 Å². The van der Waals surface area contributed by atoms with E-state index in [-0.39, 0.29) is 11.3 Å². The van der Waals surface area contributed by atoms with E-state index in [1.54, 1.807) is 12.4 Å². The highest BCUT2D eigenvalue weighted by Crippen LogP contribution is 2.66. The first-order chi connectivity index (χ1) is 15.3. The second-order valence-corrected chi connectivity index (χ2v) is 11.6. The van der Waals surface area contributed by atoms with Crippen molar-refractivity contribution in [1.29, 1.82) is 0 Å². The maximum absolute atomic E-state index is 12.6. The Balaban J connectivity index is 1.25. The van der Waals surface area contributed by atoms with Gasteiger partial charge in [0.05, 0.1) is 0 Å². The molecule has 1 aromatic rings. The van der Waals surface area contributed by atoms with Crippen LogP contribution in [0.15, 0.2) is 24.5 Å². The van der Waals surface area contributed by atoms with E-state index in [0.29, 0.717) is 29.7 Å². The summed E-state index contributed by atoms with van der Waals surface area (Å²) in [5.41, 5.74) is 1.49. The molecule has 0 spiro atoms. The normalized spacial score (nSPS) is 40.9. The lowest BCUT2D eigenvalue weighted by atomic mass is 9.46. The molecule has 32 heavy (non-hydrogen) atoms. The quantitative estimate of drug-likeness (QED) is 0.697. The van der Waals surface area contributed by atoms with Gasteiger partial charge in [-0.3, -0.25) is 14.6 Å². The molecule has 0 aromatic carbocycles. The summed E-state index contributed by atoms with van der Waals surface area (Å²) in [6.07, 6.45) is 14.5. The molecule has 2 heterocycles. The second kappa shape index (κ2) is 8.14. The van der Waals surface area contributed by atoms with Crippen molar-refractivity contribution >= 4 is 17.5 Å². The number of nitrogens with zero attached hydrogens (tertiary/aromatic N) is 2. The van der Waals surface area contributed by atoms with E-state index in [0.717, 1.165) is 42.7 Å². The van der Waals surface area contributed by atoms with E-state index in [4.69, 9.17) is 0 Å². The average molecular weight is 438 g/mol. The zero-order valence-electron chi connectivity index (χ0n) is 20.0. The summed E-state index contributed by atoms with van der Waals surface area (Å²) >= 11 is 0. The average Bonchev–Trinajstić information content (AvgIpc) is 3.12. The molecule has 0 bridgehead atoms. The molecule has 0 radical (unpaired) electrons. The zero-order valence-corrected chi connectivity index (χ0v) is 20.0. The Labute approximate surface area is 192 Å². The highest BCUT2D eigenvalue weighted by molar-refractivity contribution is 5.90. The Morgan fingerprint density at radius 3 is 2.59 bits per heavy atom. The van der Waals surface area contributed by atoms with Crippen molar-refractivity contribution in [3.8, 4) is 0 Å². The van der Waals surface area contributed by atoms with Gasteiger partial charge in [-0.1, -0.05) is 13.8 Å². The fraction of sp³-hybridized carbons (Fsp3) is 0.741. The second-order valence-electron chi connectivity index (χ2n) is 11.6. The lowest BCUT2D eigenvalue weighted by Crippen LogP contribution is -2.61. The van der Waals surface area contributed by atoms with Gasteiger partial charge in [0.25, 0.3) is 0 Å². The Kier molecular flexibility index (Phi) is 5.58. The summed E-state index contributed by atoms with van der Waals surface area (Å²) in [7, 11) is 2.04. The molecule has 1 unspecified atom stereocenters. The third-order valence-corrected chi connectivity index (χ3v) is 10.4. The van der Waals surface area contributed by atoms with Crippen LogP contribution >= 0.6 is 0 Å². The number of nitrogens with one attached hydrogen (secondary N) is 1. The van der Waals surface area contributed by atoms with Crippen molar-refractivity contribution in [2.24, 2.45) is 34.5 Å². The highest BCUT2D eigenvalue weighted by atomic mass is 16.2. The molecule has 1 aliphatic heterocycles. The van der Waals surface area contributed by atoms with Gasteiger partial charge in [-0.25, -0.2) is 0 Å². The van der Waals surface area contributed by atoms with Crippen molar-refractivity contribution in [2.45, 2.75) is 84.1 Å². The monoisotopic (exact) mass is 437 g/mol. The zero-order chi connectivity index (χ0) is 22.5. The smallest absolute Gasteiger partial charge is 0.224 e. The van der Waals surface area contributed by atoms with E-state index < -0.39 is 0 Å². The van der Waals surface area contributed by atoms with Crippen LogP contribution in [0, 0.1) is 34.5 Å². The number of anilines is 1. The number of pyridine rings is 1. The lowest BCUT2D eigenvalue weighted by molar-refractivity contribution is -0.158. The predicted molar refractivity (Wildman–Crippen MR) is 126 cm³/mol. The molecule has 5 heteroatoms. The SMILES string of the molecule is CN1C(=O)CC[C@@]2(C)C1CC[C@H]1[C@@H]3CC[C@H](CCC(=O)Nc4ccncc4)[C@@]3(C)CC[C@@H]12. The number of amides is 2. The van der Waals surface area contributed by atoms with Crippen molar-refractivity contribution < 1.29 is 9.59 Å². The van der Waals surface area contributed by atoms with Gasteiger partial charge < -0.3 is 10.2 Å². The highest BCUT2D eigenvalue weighted by Gasteiger charge is 2.60. The first-order valence-electron chi connectivity index (χ1n) is 12.8. The van der Waals surface area contributed by atoms with Crippen LogP contribution in [0.25, 0.3) is 0 Å². The van der Waals surface area contributed by atoms with Gasteiger partial charge in [-0.15, -0.1) is 0 Å². The number of aromatic nitrogens is 1. The number of carbonyl (C=O) groups excluding carboxylic acids is 2. The molecule has 174 valence electrons. The van der Waals surface area contributed by atoms with E-state index in [1.165, 1.54) is 38.5 Å². The Hall–Kier alpha value is -1.91. The number of fused-ring (bicyclic) bond motifs is 5. The Morgan fingerprint density at radius 2 is 1.81 bits per heavy atom. The van der Waals surface area contributed by atoms with E-state index in [9.17, 15) is 9.59 Å². The maximum Gasteiger partial charge on any atom is 0.224 e. The first-order valence-corrected chi connectivity index (χ1v) is 12.8.